The molecule has 1 aliphatic heterocycles. The van der Waals surface area contributed by atoms with E-state index in [4.69, 9.17) is 5.73 Å². The van der Waals surface area contributed by atoms with Gasteiger partial charge in [0.15, 0.2) is 0 Å². The fourth-order valence-corrected chi connectivity index (χ4v) is 4.33. The molecule has 0 radical (unpaired) electrons. The maximum atomic E-state index is 12.8. The van der Waals surface area contributed by atoms with Crippen LogP contribution in [0, 0.1) is 0 Å². The van der Waals surface area contributed by atoms with Crippen molar-refractivity contribution in [3.05, 3.63) is 29.8 Å². The molecule has 0 atom stereocenters. The molecule has 110 valence electrons. The normalized spacial score (nSPS) is 19.6. The van der Waals surface area contributed by atoms with Gasteiger partial charge in [0.2, 0.25) is 15.9 Å². The van der Waals surface area contributed by atoms with Crippen LogP contribution in [-0.2, 0) is 21.4 Å². The van der Waals surface area contributed by atoms with E-state index in [0.29, 0.717) is 12.1 Å². The van der Waals surface area contributed by atoms with E-state index >= 15 is 0 Å². The first kappa shape index (κ1) is 15.0. The first-order valence-corrected chi connectivity index (χ1v) is 7.85. The molecule has 0 spiro atoms. The average Bonchev–Trinajstić information content (AvgIpc) is 2.41. The molecule has 1 fully saturated rings. The lowest BCUT2D eigenvalue weighted by molar-refractivity contribution is -0.131. The molecule has 0 aromatic heterocycles. The molecule has 0 bridgehead atoms. The molecule has 1 aromatic rings. The van der Waals surface area contributed by atoms with Crippen LogP contribution in [0.4, 0.5) is 0 Å². The average molecular weight is 297 g/mol. The summed E-state index contributed by atoms with van der Waals surface area (Å²) in [4.78, 5) is 12.1. The van der Waals surface area contributed by atoms with Gasteiger partial charge in [0.05, 0.1) is 4.90 Å². The molecule has 0 unspecified atom stereocenters. The van der Waals surface area contributed by atoms with Crippen molar-refractivity contribution in [2.24, 2.45) is 5.73 Å². The number of amides is 1. The molecule has 1 amide bonds. The van der Waals surface area contributed by atoms with E-state index < -0.39 is 15.6 Å². The van der Waals surface area contributed by atoms with Gasteiger partial charge in [0, 0.05) is 19.6 Å². The molecule has 1 saturated heterocycles. The Morgan fingerprint density at radius 2 is 2.00 bits per heavy atom. The molecular formula is C13H19N3O3S. The minimum atomic E-state index is -3.75. The van der Waals surface area contributed by atoms with Crippen LogP contribution in [-0.4, -0.2) is 37.3 Å². The summed E-state index contributed by atoms with van der Waals surface area (Å²) in [5.74, 6) is -0.294. The molecule has 7 heteroatoms. The maximum Gasteiger partial charge on any atom is 0.244 e. The van der Waals surface area contributed by atoms with Gasteiger partial charge in [-0.2, -0.15) is 4.31 Å². The van der Waals surface area contributed by atoms with Crippen molar-refractivity contribution >= 4 is 15.9 Å². The minimum absolute atomic E-state index is 0.135. The number of piperazine rings is 1. The van der Waals surface area contributed by atoms with Gasteiger partial charge < -0.3 is 11.1 Å². The van der Waals surface area contributed by atoms with Crippen LogP contribution in [0.3, 0.4) is 0 Å². The van der Waals surface area contributed by atoms with Gasteiger partial charge in [-0.05, 0) is 25.5 Å². The van der Waals surface area contributed by atoms with Crippen LogP contribution < -0.4 is 11.1 Å². The topological polar surface area (TPSA) is 92.5 Å². The van der Waals surface area contributed by atoms with Crippen LogP contribution in [0.2, 0.25) is 0 Å². The molecule has 3 N–H and O–H groups in total. The highest BCUT2D eigenvalue weighted by molar-refractivity contribution is 7.89. The van der Waals surface area contributed by atoms with E-state index in [1.807, 2.05) is 0 Å². The molecular weight excluding hydrogens is 278 g/mol. The second kappa shape index (κ2) is 5.16. The number of hydrogen-bond donors (Lipinski definition) is 2. The zero-order valence-corrected chi connectivity index (χ0v) is 12.4. The summed E-state index contributed by atoms with van der Waals surface area (Å²) in [5, 5.41) is 2.68. The number of hydrogen-bond acceptors (Lipinski definition) is 4. The van der Waals surface area contributed by atoms with Crippen LogP contribution in [0.1, 0.15) is 19.4 Å². The van der Waals surface area contributed by atoms with Gasteiger partial charge in [-0.15, -0.1) is 0 Å². The van der Waals surface area contributed by atoms with Crippen LogP contribution in [0.5, 0.6) is 0 Å². The number of nitrogens with zero attached hydrogens (tertiary/aromatic N) is 1. The van der Waals surface area contributed by atoms with Gasteiger partial charge in [-0.1, -0.05) is 18.2 Å². The Kier molecular flexibility index (Phi) is 3.86. The summed E-state index contributed by atoms with van der Waals surface area (Å²) < 4.78 is 26.9. The van der Waals surface area contributed by atoms with Crippen molar-refractivity contribution in [1.29, 1.82) is 0 Å². The number of benzene rings is 1. The van der Waals surface area contributed by atoms with Crippen molar-refractivity contribution in [2.75, 3.05) is 13.1 Å². The minimum Gasteiger partial charge on any atom is -0.353 e. The molecule has 20 heavy (non-hydrogen) atoms. The first-order chi connectivity index (χ1) is 9.31. The number of carbonyl (C=O) groups excluding carboxylic acids is 1. The summed E-state index contributed by atoms with van der Waals surface area (Å²) in [6, 6.07) is 6.61. The zero-order valence-electron chi connectivity index (χ0n) is 11.6. The largest absolute Gasteiger partial charge is 0.353 e. The first-order valence-electron chi connectivity index (χ1n) is 6.41. The molecule has 0 aliphatic carbocycles. The second-order valence-corrected chi connectivity index (χ2v) is 7.03. The van der Waals surface area contributed by atoms with E-state index in [1.54, 1.807) is 32.0 Å². The Labute approximate surface area is 119 Å². The highest BCUT2D eigenvalue weighted by Crippen LogP contribution is 2.28. The predicted molar refractivity (Wildman–Crippen MR) is 75.3 cm³/mol. The lowest BCUT2D eigenvalue weighted by Crippen LogP contribution is -2.63. The number of nitrogens with one attached hydrogen (secondary N) is 1. The van der Waals surface area contributed by atoms with Crippen LogP contribution >= 0.6 is 0 Å². The lowest BCUT2D eigenvalue weighted by Gasteiger charge is -2.40. The third kappa shape index (κ3) is 2.32. The van der Waals surface area contributed by atoms with E-state index in [1.165, 1.54) is 10.4 Å². The van der Waals surface area contributed by atoms with Crippen LogP contribution in [0.25, 0.3) is 0 Å². The summed E-state index contributed by atoms with van der Waals surface area (Å²) in [6.45, 7) is 3.90. The van der Waals surface area contributed by atoms with Crippen molar-refractivity contribution in [1.82, 2.24) is 9.62 Å². The molecule has 1 aliphatic rings. The van der Waals surface area contributed by atoms with E-state index in [2.05, 4.69) is 5.32 Å². The zero-order chi connectivity index (χ0) is 15.0. The van der Waals surface area contributed by atoms with Crippen LogP contribution in [0.15, 0.2) is 29.2 Å². The maximum absolute atomic E-state index is 12.8. The third-order valence-electron chi connectivity index (χ3n) is 3.54. The van der Waals surface area contributed by atoms with Gasteiger partial charge >= 0.3 is 0 Å². The number of sulfonamides is 1. The summed E-state index contributed by atoms with van der Waals surface area (Å²) in [6.07, 6.45) is 0. The molecule has 2 rings (SSSR count). The smallest absolute Gasteiger partial charge is 0.244 e. The molecule has 0 saturated carbocycles. The van der Waals surface area contributed by atoms with E-state index in [9.17, 15) is 13.2 Å². The fourth-order valence-electron chi connectivity index (χ4n) is 2.34. The van der Waals surface area contributed by atoms with Crippen molar-refractivity contribution in [3.8, 4) is 0 Å². The predicted octanol–water partition coefficient (Wildman–Crippen LogP) is 0.0444. The van der Waals surface area contributed by atoms with Gasteiger partial charge in [-0.3, -0.25) is 4.79 Å². The van der Waals surface area contributed by atoms with E-state index in [0.717, 1.165) is 0 Å². The lowest BCUT2D eigenvalue weighted by atomic mass is 10.0. The summed E-state index contributed by atoms with van der Waals surface area (Å²) >= 11 is 0. The number of carbonyl (C=O) groups is 1. The quantitative estimate of drug-likeness (QED) is 0.824. The standard InChI is InChI=1S/C13H19N3O3S/c1-13(2)12(17)15-7-8-16(13)20(18,19)11-6-4-3-5-10(11)9-14/h3-6H,7-9,14H2,1-2H3,(H,15,17). The number of nitrogens with two attached hydrogens (primary N) is 1. The van der Waals surface area contributed by atoms with Crippen molar-refractivity contribution in [2.45, 2.75) is 30.8 Å². The molecule has 1 aromatic carbocycles. The monoisotopic (exact) mass is 297 g/mol. The summed E-state index contributed by atoms with van der Waals surface area (Å²) in [5.41, 5.74) is 5.05. The second-order valence-electron chi connectivity index (χ2n) is 5.20. The highest BCUT2D eigenvalue weighted by atomic mass is 32.2. The van der Waals surface area contributed by atoms with Gasteiger partial charge in [0.1, 0.15) is 5.54 Å². The van der Waals surface area contributed by atoms with E-state index in [-0.39, 0.29) is 23.9 Å². The molecule has 1 heterocycles. The molecule has 6 nitrogen and oxygen atoms in total. The van der Waals surface area contributed by atoms with Crippen molar-refractivity contribution < 1.29 is 13.2 Å². The Hall–Kier alpha value is -1.44. The Balaban J connectivity index is 2.52. The van der Waals surface area contributed by atoms with Gasteiger partial charge in [0.25, 0.3) is 0 Å². The number of rotatable bonds is 3. The van der Waals surface area contributed by atoms with Crippen molar-refractivity contribution in [3.63, 3.8) is 0 Å². The fraction of sp³-hybridized carbons (Fsp3) is 0.462. The third-order valence-corrected chi connectivity index (χ3v) is 5.71. The SMILES string of the molecule is CC1(C)C(=O)NCCN1S(=O)(=O)c1ccccc1CN. The Bertz CT molecular complexity index is 626. The Morgan fingerprint density at radius 3 is 2.65 bits per heavy atom. The Morgan fingerprint density at radius 1 is 1.35 bits per heavy atom. The highest BCUT2D eigenvalue weighted by Gasteiger charge is 2.45. The van der Waals surface area contributed by atoms with Gasteiger partial charge in [-0.25, -0.2) is 8.42 Å². The summed E-state index contributed by atoms with van der Waals surface area (Å²) in [7, 11) is -3.75.